The van der Waals surface area contributed by atoms with Crippen LogP contribution in [0.3, 0.4) is 0 Å². The number of hydrogen-bond donors (Lipinski definition) is 1. The fourth-order valence-electron chi connectivity index (χ4n) is 5.11. The van der Waals surface area contributed by atoms with Crippen molar-refractivity contribution in [2.24, 2.45) is 5.92 Å². The maximum absolute atomic E-state index is 13.7. The second-order valence-electron chi connectivity index (χ2n) is 9.81. The highest BCUT2D eigenvalue weighted by atomic mass is 19.1. The van der Waals surface area contributed by atoms with Gasteiger partial charge < -0.3 is 19.2 Å². The SMILES string of the molecule is COc1ccc([C@H](NCC[C@@H](c2ccc(F)cc2)[C@@H]2CCOC(C)(C)C2)C(=O)c2ccco2)cc1. The van der Waals surface area contributed by atoms with Crippen molar-refractivity contribution in [3.05, 3.63) is 89.6 Å². The summed E-state index contributed by atoms with van der Waals surface area (Å²) in [7, 11) is 1.62. The van der Waals surface area contributed by atoms with Gasteiger partial charge in [0, 0.05) is 6.61 Å². The molecule has 1 aliphatic heterocycles. The molecule has 186 valence electrons. The first-order chi connectivity index (χ1) is 16.9. The largest absolute Gasteiger partial charge is 0.497 e. The van der Waals surface area contributed by atoms with Gasteiger partial charge >= 0.3 is 0 Å². The summed E-state index contributed by atoms with van der Waals surface area (Å²) < 4.78 is 30.3. The molecule has 1 aliphatic rings. The monoisotopic (exact) mass is 479 g/mol. The van der Waals surface area contributed by atoms with Gasteiger partial charge in [-0.15, -0.1) is 0 Å². The Morgan fingerprint density at radius 3 is 2.46 bits per heavy atom. The molecule has 0 radical (unpaired) electrons. The van der Waals surface area contributed by atoms with Crippen molar-refractivity contribution in [2.45, 2.75) is 50.7 Å². The van der Waals surface area contributed by atoms with Gasteiger partial charge in [0.15, 0.2) is 5.76 Å². The average molecular weight is 480 g/mol. The summed E-state index contributed by atoms with van der Waals surface area (Å²) in [4.78, 5) is 13.3. The Balaban J connectivity index is 1.53. The van der Waals surface area contributed by atoms with Gasteiger partial charge in [-0.05, 0) is 99.0 Å². The van der Waals surface area contributed by atoms with Crippen LogP contribution in [0, 0.1) is 11.7 Å². The number of ketones is 1. The Labute approximate surface area is 206 Å². The van der Waals surface area contributed by atoms with Gasteiger partial charge in [-0.25, -0.2) is 4.39 Å². The minimum atomic E-state index is -0.549. The second-order valence-corrected chi connectivity index (χ2v) is 9.81. The molecule has 3 atom stereocenters. The minimum Gasteiger partial charge on any atom is -0.497 e. The first kappa shape index (κ1) is 25.1. The molecule has 5 nitrogen and oxygen atoms in total. The molecular weight excluding hydrogens is 445 g/mol. The Kier molecular flexibility index (Phi) is 8.04. The van der Waals surface area contributed by atoms with Gasteiger partial charge in [-0.2, -0.15) is 0 Å². The lowest BCUT2D eigenvalue weighted by Crippen LogP contribution is -2.37. The van der Waals surface area contributed by atoms with Crippen LogP contribution in [0.25, 0.3) is 0 Å². The van der Waals surface area contributed by atoms with E-state index in [0.717, 1.165) is 36.1 Å². The van der Waals surface area contributed by atoms with E-state index in [0.29, 0.717) is 24.8 Å². The molecule has 1 N–H and O–H groups in total. The van der Waals surface area contributed by atoms with Crippen LogP contribution in [0.2, 0.25) is 0 Å². The maximum Gasteiger partial charge on any atom is 0.219 e. The van der Waals surface area contributed by atoms with Crippen LogP contribution in [0.5, 0.6) is 5.75 Å². The molecular formula is C29H34FNO4. The van der Waals surface area contributed by atoms with Crippen LogP contribution in [-0.4, -0.2) is 31.6 Å². The molecule has 0 unspecified atom stereocenters. The molecule has 4 rings (SSSR count). The van der Waals surface area contributed by atoms with Gasteiger partial charge in [-0.3, -0.25) is 4.79 Å². The summed E-state index contributed by atoms with van der Waals surface area (Å²) in [5, 5.41) is 3.48. The molecule has 1 aromatic heterocycles. The van der Waals surface area contributed by atoms with E-state index in [2.05, 4.69) is 19.2 Å². The van der Waals surface area contributed by atoms with Crippen LogP contribution in [0.4, 0.5) is 4.39 Å². The van der Waals surface area contributed by atoms with E-state index in [-0.39, 0.29) is 23.1 Å². The zero-order valence-corrected chi connectivity index (χ0v) is 20.6. The summed E-state index contributed by atoms with van der Waals surface area (Å²) in [6, 6.07) is 17.2. The predicted octanol–water partition coefficient (Wildman–Crippen LogP) is 6.32. The number of benzene rings is 2. The van der Waals surface area contributed by atoms with Crippen molar-refractivity contribution in [3.8, 4) is 5.75 Å². The van der Waals surface area contributed by atoms with E-state index in [1.807, 2.05) is 36.4 Å². The first-order valence-corrected chi connectivity index (χ1v) is 12.2. The standard InChI is InChI=1S/C29H34FNO4/c1-29(2)19-22(15-18-35-29)25(20-6-10-23(30)11-7-20)14-16-31-27(28(32)26-5-4-17-34-26)21-8-12-24(33-3)13-9-21/h4-13,17,22,25,27,31H,14-16,18-19H2,1-3H3/t22-,25+,27+/m1/s1. The topological polar surface area (TPSA) is 60.7 Å². The quantitative estimate of drug-likeness (QED) is 0.345. The highest BCUT2D eigenvalue weighted by Crippen LogP contribution is 2.40. The molecule has 0 aliphatic carbocycles. The average Bonchev–Trinajstić information content (AvgIpc) is 3.39. The number of carbonyl (C=O) groups is 1. The van der Waals surface area contributed by atoms with Crippen molar-refractivity contribution in [1.29, 1.82) is 0 Å². The third kappa shape index (κ3) is 6.38. The van der Waals surface area contributed by atoms with Gasteiger partial charge in [-0.1, -0.05) is 24.3 Å². The van der Waals surface area contributed by atoms with Crippen LogP contribution in [-0.2, 0) is 4.74 Å². The van der Waals surface area contributed by atoms with Gasteiger partial charge in [0.05, 0.1) is 25.0 Å². The number of furan rings is 1. The highest BCUT2D eigenvalue weighted by molar-refractivity contribution is 5.98. The summed E-state index contributed by atoms with van der Waals surface area (Å²) >= 11 is 0. The van der Waals surface area contributed by atoms with Crippen molar-refractivity contribution >= 4 is 5.78 Å². The van der Waals surface area contributed by atoms with Gasteiger partial charge in [0.2, 0.25) is 5.78 Å². The van der Waals surface area contributed by atoms with Crippen LogP contribution < -0.4 is 10.1 Å². The zero-order valence-electron chi connectivity index (χ0n) is 20.6. The Morgan fingerprint density at radius 1 is 1.11 bits per heavy atom. The molecule has 1 saturated heterocycles. The van der Waals surface area contributed by atoms with Crippen molar-refractivity contribution < 1.29 is 23.1 Å². The smallest absolute Gasteiger partial charge is 0.219 e. The zero-order chi connectivity index (χ0) is 24.8. The van der Waals surface area contributed by atoms with Gasteiger partial charge in [0.1, 0.15) is 11.6 Å². The molecule has 0 bridgehead atoms. The van der Waals surface area contributed by atoms with Gasteiger partial charge in [0.25, 0.3) is 0 Å². The fraction of sp³-hybridized carbons (Fsp3) is 0.414. The molecule has 2 aromatic carbocycles. The molecule has 6 heteroatoms. The molecule has 1 fully saturated rings. The van der Waals surface area contributed by atoms with E-state index in [9.17, 15) is 9.18 Å². The van der Waals surface area contributed by atoms with E-state index < -0.39 is 6.04 Å². The summed E-state index contributed by atoms with van der Waals surface area (Å²) in [6.45, 7) is 5.58. The van der Waals surface area contributed by atoms with E-state index in [1.165, 1.54) is 18.4 Å². The summed E-state index contributed by atoms with van der Waals surface area (Å²) in [6.07, 6.45) is 4.21. The molecule has 0 amide bonds. The number of hydrogen-bond acceptors (Lipinski definition) is 5. The van der Waals surface area contributed by atoms with Crippen LogP contribution in [0.15, 0.2) is 71.3 Å². The lowest BCUT2D eigenvalue weighted by atomic mass is 9.75. The third-order valence-corrected chi connectivity index (χ3v) is 6.88. The number of methoxy groups -OCH3 is 1. The molecule has 3 aromatic rings. The van der Waals surface area contributed by atoms with E-state index in [4.69, 9.17) is 13.9 Å². The number of ether oxygens (including phenoxy) is 2. The van der Waals surface area contributed by atoms with E-state index in [1.54, 1.807) is 19.2 Å². The minimum absolute atomic E-state index is 0.120. The number of rotatable bonds is 10. The van der Waals surface area contributed by atoms with Crippen molar-refractivity contribution in [3.63, 3.8) is 0 Å². The fourth-order valence-corrected chi connectivity index (χ4v) is 5.11. The van der Waals surface area contributed by atoms with E-state index >= 15 is 0 Å². The predicted molar refractivity (Wildman–Crippen MR) is 133 cm³/mol. The molecule has 2 heterocycles. The Bertz CT molecular complexity index is 1080. The summed E-state index contributed by atoms with van der Waals surface area (Å²) in [5.41, 5.74) is 1.78. The van der Waals surface area contributed by atoms with Crippen molar-refractivity contribution in [1.82, 2.24) is 5.32 Å². The maximum atomic E-state index is 13.7. The lowest BCUT2D eigenvalue weighted by molar-refractivity contribution is -0.0772. The summed E-state index contributed by atoms with van der Waals surface area (Å²) in [5.74, 6) is 1.33. The third-order valence-electron chi connectivity index (χ3n) is 6.88. The number of halogens is 1. The second kappa shape index (κ2) is 11.2. The Hall–Kier alpha value is -2.96. The van der Waals surface area contributed by atoms with Crippen LogP contribution in [0.1, 0.15) is 66.8 Å². The van der Waals surface area contributed by atoms with Crippen molar-refractivity contribution in [2.75, 3.05) is 20.3 Å². The molecule has 35 heavy (non-hydrogen) atoms. The number of nitrogens with one attached hydrogen (secondary N) is 1. The van der Waals surface area contributed by atoms with Crippen LogP contribution >= 0.6 is 0 Å². The normalized spacial score (nSPS) is 19.1. The highest BCUT2D eigenvalue weighted by Gasteiger charge is 2.34. The number of Topliss-reactive ketones (excluding diaryl/α,β-unsaturated/α-hetero) is 1. The molecule has 0 saturated carbocycles. The first-order valence-electron chi connectivity index (χ1n) is 12.2. The number of carbonyl (C=O) groups excluding carboxylic acids is 1. The molecule has 0 spiro atoms. The Morgan fingerprint density at radius 2 is 1.83 bits per heavy atom. The lowest BCUT2D eigenvalue weighted by Gasteiger charge is -2.39.